The number of rotatable bonds is 5. The Morgan fingerprint density at radius 2 is 2.00 bits per heavy atom. The summed E-state index contributed by atoms with van der Waals surface area (Å²) in [5.74, 6) is -0.249. The Labute approximate surface area is 93.2 Å². The summed E-state index contributed by atoms with van der Waals surface area (Å²) in [5, 5.41) is 10.4. The zero-order valence-electron chi connectivity index (χ0n) is 9.01. The molecule has 0 aliphatic rings. The molecule has 5 heteroatoms. The van der Waals surface area contributed by atoms with Gasteiger partial charge in [-0.2, -0.15) is 0 Å². The van der Waals surface area contributed by atoms with E-state index in [0.29, 0.717) is 6.42 Å². The first kappa shape index (κ1) is 12.2. The summed E-state index contributed by atoms with van der Waals surface area (Å²) in [4.78, 5) is 21.0. The van der Waals surface area contributed by atoms with Gasteiger partial charge in [-0.3, -0.25) is 14.9 Å². The fraction of sp³-hybridized carbons (Fsp3) is 0.364. The summed E-state index contributed by atoms with van der Waals surface area (Å²) in [6.07, 6.45) is 1.14. The van der Waals surface area contributed by atoms with Crippen molar-refractivity contribution in [3.63, 3.8) is 0 Å². The van der Waals surface area contributed by atoms with E-state index in [9.17, 15) is 14.9 Å². The maximum Gasteiger partial charge on any atom is 0.306 e. The molecule has 0 amide bonds. The van der Waals surface area contributed by atoms with Crippen LogP contribution in [0.2, 0.25) is 0 Å². The van der Waals surface area contributed by atoms with Crippen LogP contribution in [0, 0.1) is 10.1 Å². The number of benzene rings is 1. The second-order valence-corrected chi connectivity index (χ2v) is 3.33. The monoisotopic (exact) mass is 223 g/mol. The zero-order chi connectivity index (χ0) is 12.0. The van der Waals surface area contributed by atoms with Crippen molar-refractivity contribution in [2.75, 3.05) is 0 Å². The topological polar surface area (TPSA) is 69.4 Å². The van der Waals surface area contributed by atoms with Crippen molar-refractivity contribution in [3.8, 4) is 0 Å². The lowest BCUT2D eigenvalue weighted by molar-refractivity contribution is -0.384. The number of carbonyl (C=O) groups is 1. The molecule has 0 heterocycles. The number of nitro benzene ring substituents is 1. The van der Waals surface area contributed by atoms with Gasteiger partial charge in [-0.1, -0.05) is 6.92 Å². The third-order valence-electron chi connectivity index (χ3n) is 2.00. The number of nitrogens with zero attached hydrogens (tertiary/aromatic N) is 1. The van der Waals surface area contributed by atoms with Crippen LogP contribution in [0.5, 0.6) is 0 Å². The molecule has 1 aromatic rings. The van der Waals surface area contributed by atoms with Crippen LogP contribution in [0.3, 0.4) is 0 Å². The predicted molar refractivity (Wildman–Crippen MR) is 57.8 cm³/mol. The number of hydrogen-bond donors (Lipinski definition) is 0. The van der Waals surface area contributed by atoms with E-state index in [2.05, 4.69) is 0 Å². The smallest absolute Gasteiger partial charge is 0.306 e. The molecule has 0 saturated carbocycles. The van der Waals surface area contributed by atoms with Crippen molar-refractivity contribution < 1.29 is 14.5 Å². The van der Waals surface area contributed by atoms with Crippen molar-refractivity contribution in [3.05, 3.63) is 39.9 Å². The van der Waals surface area contributed by atoms with Crippen molar-refractivity contribution in [2.24, 2.45) is 0 Å². The van der Waals surface area contributed by atoms with E-state index >= 15 is 0 Å². The molecule has 1 rings (SSSR count). The van der Waals surface area contributed by atoms with Crippen LogP contribution in [0.25, 0.3) is 0 Å². The average Bonchev–Trinajstić information content (AvgIpc) is 2.27. The normalized spacial score (nSPS) is 9.81. The van der Waals surface area contributed by atoms with Gasteiger partial charge in [-0.15, -0.1) is 0 Å². The van der Waals surface area contributed by atoms with Crippen molar-refractivity contribution in [1.82, 2.24) is 0 Å². The SMILES string of the molecule is CCCC(=O)OCc1ccc([N+](=O)[O-])cc1. The Kier molecular flexibility index (Phi) is 4.44. The summed E-state index contributed by atoms with van der Waals surface area (Å²) in [6, 6.07) is 5.95. The Bertz CT molecular complexity index is 372. The number of nitro groups is 1. The van der Waals surface area contributed by atoms with Gasteiger partial charge in [0.15, 0.2) is 0 Å². The van der Waals surface area contributed by atoms with E-state index in [1.165, 1.54) is 12.1 Å². The average molecular weight is 223 g/mol. The molecule has 0 aliphatic carbocycles. The Balaban J connectivity index is 2.49. The van der Waals surface area contributed by atoms with E-state index in [4.69, 9.17) is 4.74 Å². The largest absolute Gasteiger partial charge is 0.461 e. The van der Waals surface area contributed by atoms with Crippen LogP contribution in [-0.4, -0.2) is 10.9 Å². The highest BCUT2D eigenvalue weighted by Crippen LogP contribution is 2.12. The number of esters is 1. The van der Waals surface area contributed by atoms with Crippen molar-refractivity contribution in [1.29, 1.82) is 0 Å². The molecule has 0 bridgehead atoms. The highest BCUT2D eigenvalue weighted by molar-refractivity contribution is 5.69. The minimum Gasteiger partial charge on any atom is -0.461 e. The predicted octanol–water partition coefficient (Wildman–Crippen LogP) is 2.44. The lowest BCUT2D eigenvalue weighted by Gasteiger charge is -2.03. The first-order valence-electron chi connectivity index (χ1n) is 5.02. The van der Waals surface area contributed by atoms with Gasteiger partial charge in [-0.05, 0) is 24.1 Å². The van der Waals surface area contributed by atoms with E-state index < -0.39 is 4.92 Å². The van der Waals surface area contributed by atoms with E-state index in [-0.39, 0.29) is 18.3 Å². The fourth-order valence-corrected chi connectivity index (χ4v) is 1.15. The summed E-state index contributed by atoms with van der Waals surface area (Å²) >= 11 is 0. The van der Waals surface area contributed by atoms with Gasteiger partial charge in [0.2, 0.25) is 0 Å². The van der Waals surface area contributed by atoms with Gasteiger partial charge in [0, 0.05) is 18.6 Å². The molecule has 0 unspecified atom stereocenters. The molecule has 0 radical (unpaired) electrons. The summed E-state index contributed by atoms with van der Waals surface area (Å²) in [7, 11) is 0. The molecule has 0 atom stereocenters. The minimum absolute atomic E-state index is 0.0311. The molecule has 5 nitrogen and oxygen atoms in total. The molecule has 0 fully saturated rings. The maximum atomic E-state index is 11.1. The van der Waals surface area contributed by atoms with Crippen molar-refractivity contribution in [2.45, 2.75) is 26.4 Å². The van der Waals surface area contributed by atoms with Gasteiger partial charge in [-0.25, -0.2) is 0 Å². The van der Waals surface area contributed by atoms with Crippen LogP contribution in [0.4, 0.5) is 5.69 Å². The Morgan fingerprint density at radius 1 is 1.38 bits per heavy atom. The second kappa shape index (κ2) is 5.85. The quantitative estimate of drug-likeness (QED) is 0.436. The van der Waals surface area contributed by atoms with Crippen LogP contribution in [-0.2, 0) is 16.1 Å². The van der Waals surface area contributed by atoms with Gasteiger partial charge < -0.3 is 4.74 Å². The summed E-state index contributed by atoms with van der Waals surface area (Å²) < 4.78 is 4.96. The Hall–Kier alpha value is -1.91. The van der Waals surface area contributed by atoms with Crippen LogP contribution >= 0.6 is 0 Å². The molecule has 1 aromatic carbocycles. The molecule has 0 spiro atoms. The zero-order valence-corrected chi connectivity index (χ0v) is 9.01. The van der Waals surface area contributed by atoms with Crippen molar-refractivity contribution >= 4 is 11.7 Å². The summed E-state index contributed by atoms with van der Waals surface area (Å²) in [5.41, 5.74) is 0.777. The molecular formula is C11H13NO4. The number of hydrogen-bond acceptors (Lipinski definition) is 4. The van der Waals surface area contributed by atoms with E-state index in [1.807, 2.05) is 6.92 Å². The first-order valence-corrected chi connectivity index (χ1v) is 5.02. The number of non-ortho nitro benzene ring substituents is 1. The molecule has 0 aromatic heterocycles. The van der Waals surface area contributed by atoms with Crippen LogP contribution < -0.4 is 0 Å². The third-order valence-corrected chi connectivity index (χ3v) is 2.00. The highest BCUT2D eigenvalue weighted by Gasteiger charge is 2.05. The van der Waals surface area contributed by atoms with Gasteiger partial charge >= 0.3 is 5.97 Å². The van der Waals surface area contributed by atoms with Crippen LogP contribution in [0.15, 0.2) is 24.3 Å². The van der Waals surface area contributed by atoms with Gasteiger partial charge in [0.25, 0.3) is 5.69 Å². The molecule has 16 heavy (non-hydrogen) atoms. The highest BCUT2D eigenvalue weighted by atomic mass is 16.6. The molecule has 0 N–H and O–H groups in total. The lowest BCUT2D eigenvalue weighted by atomic mass is 10.2. The van der Waals surface area contributed by atoms with Gasteiger partial charge in [0.1, 0.15) is 6.61 Å². The molecule has 86 valence electrons. The van der Waals surface area contributed by atoms with Gasteiger partial charge in [0.05, 0.1) is 4.92 Å². The molecular weight excluding hydrogens is 210 g/mol. The second-order valence-electron chi connectivity index (χ2n) is 3.33. The fourth-order valence-electron chi connectivity index (χ4n) is 1.15. The maximum absolute atomic E-state index is 11.1. The van der Waals surface area contributed by atoms with Crippen LogP contribution in [0.1, 0.15) is 25.3 Å². The summed E-state index contributed by atoms with van der Waals surface area (Å²) in [6.45, 7) is 2.06. The number of ether oxygens (including phenoxy) is 1. The third kappa shape index (κ3) is 3.68. The lowest BCUT2D eigenvalue weighted by Crippen LogP contribution is -2.03. The van der Waals surface area contributed by atoms with E-state index in [1.54, 1.807) is 12.1 Å². The standard InChI is InChI=1S/C11H13NO4/c1-2-3-11(13)16-8-9-4-6-10(7-5-9)12(14)15/h4-7H,2-3,8H2,1H3. The Morgan fingerprint density at radius 3 is 2.50 bits per heavy atom. The molecule has 0 saturated heterocycles. The number of carbonyl (C=O) groups excluding carboxylic acids is 1. The van der Waals surface area contributed by atoms with E-state index in [0.717, 1.165) is 12.0 Å². The first-order chi connectivity index (χ1) is 7.63. The molecule has 0 aliphatic heterocycles. The minimum atomic E-state index is -0.465.